The summed E-state index contributed by atoms with van der Waals surface area (Å²) in [6.07, 6.45) is 1.56. The summed E-state index contributed by atoms with van der Waals surface area (Å²) < 4.78 is 1.21. The minimum Gasteiger partial charge on any atom is -0.480 e. The molecule has 1 amide bonds. The number of carboxylic acids is 1. The van der Waals surface area contributed by atoms with E-state index in [0.717, 1.165) is 0 Å². The van der Waals surface area contributed by atoms with Gasteiger partial charge in [0.25, 0.3) is 11.6 Å². The molecule has 0 aliphatic carbocycles. The average Bonchev–Trinajstić information content (AvgIpc) is 3.04. The average molecular weight is 347 g/mol. The number of carbonyl (C=O) groups excluding carboxylic acids is 1. The Labute approximate surface area is 142 Å². The van der Waals surface area contributed by atoms with Crippen LogP contribution in [0.2, 0.25) is 0 Å². The van der Waals surface area contributed by atoms with Crippen LogP contribution in [0.3, 0.4) is 0 Å². The lowest BCUT2D eigenvalue weighted by atomic mass is 10.0. The molecule has 10 heteroatoms. The summed E-state index contributed by atoms with van der Waals surface area (Å²) in [6, 6.07) is 4.64. The van der Waals surface area contributed by atoms with Crippen LogP contribution < -0.4 is 5.32 Å². The van der Waals surface area contributed by atoms with E-state index in [4.69, 9.17) is 5.11 Å². The van der Waals surface area contributed by atoms with Crippen molar-refractivity contribution >= 4 is 17.6 Å². The van der Waals surface area contributed by atoms with Crippen LogP contribution in [0.25, 0.3) is 5.69 Å². The number of hydrogen-bond donors (Lipinski definition) is 2. The topological polar surface area (TPSA) is 140 Å². The largest absolute Gasteiger partial charge is 0.480 e. The molecule has 2 rings (SSSR count). The number of rotatable bonds is 7. The molecule has 2 aromatic rings. The van der Waals surface area contributed by atoms with E-state index in [1.165, 1.54) is 29.1 Å². The highest BCUT2D eigenvalue weighted by molar-refractivity contribution is 5.94. The van der Waals surface area contributed by atoms with E-state index >= 15 is 0 Å². The van der Waals surface area contributed by atoms with Crippen LogP contribution in [0.15, 0.2) is 30.5 Å². The zero-order valence-corrected chi connectivity index (χ0v) is 13.6. The van der Waals surface area contributed by atoms with Crippen LogP contribution >= 0.6 is 0 Å². The summed E-state index contributed by atoms with van der Waals surface area (Å²) >= 11 is 0. The Morgan fingerprint density at radius 3 is 2.72 bits per heavy atom. The number of hydrogen-bond acceptors (Lipinski definition) is 6. The Morgan fingerprint density at radius 1 is 1.40 bits per heavy atom. The van der Waals surface area contributed by atoms with Crippen molar-refractivity contribution in [2.75, 3.05) is 0 Å². The zero-order chi connectivity index (χ0) is 18.6. The third-order valence-corrected chi connectivity index (χ3v) is 3.34. The third kappa shape index (κ3) is 4.59. The molecule has 10 nitrogen and oxygen atoms in total. The lowest BCUT2D eigenvalue weighted by Crippen LogP contribution is -2.41. The van der Waals surface area contributed by atoms with Crippen LogP contribution in [0.4, 0.5) is 5.69 Å². The molecular weight excluding hydrogens is 330 g/mol. The molecule has 132 valence electrons. The fourth-order valence-corrected chi connectivity index (χ4v) is 2.17. The number of nitrogens with one attached hydrogen (secondary N) is 1. The smallest absolute Gasteiger partial charge is 0.326 e. The fourth-order valence-electron chi connectivity index (χ4n) is 2.17. The van der Waals surface area contributed by atoms with Crippen LogP contribution in [0, 0.1) is 16.0 Å². The van der Waals surface area contributed by atoms with Gasteiger partial charge in [0, 0.05) is 12.1 Å². The summed E-state index contributed by atoms with van der Waals surface area (Å²) in [7, 11) is 0. The van der Waals surface area contributed by atoms with Gasteiger partial charge in [-0.2, -0.15) is 0 Å². The molecule has 0 spiro atoms. The normalized spacial score (nSPS) is 12.0. The van der Waals surface area contributed by atoms with E-state index in [-0.39, 0.29) is 23.7 Å². The number of nitro benzene ring substituents is 1. The third-order valence-electron chi connectivity index (χ3n) is 3.34. The number of benzene rings is 1. The van der Waals surface area contributed by atoms with E-state index < -0.39 is 22.8 Å². The van der Waals surface area contributed by atoms with Gasteiger partial charge >= 0.3 is 5.97 Å². The van der Waals surface area contributed by atoms with Crippen LogP contribution in [0.5, 0.6) is 0 Å². The van der Waals surface area contributed by atoms with Gasteiger partial charge in [0.1, 0.15) is 6.04 Å². The highest BCUT2D eigenvalue weighted by atomic mass is 16.6. The first-order valence-corrected chi connectivity index (χ1v) is 7.48. The van der Waals surface area contributed by atoms with Crippen molar-refractivity contribution < 1.29 is 19.6 Å². The first kappa shape index (κ1) is 18.0. The summed E-state index contributed by atoms with van der Waals surface area (Å²) in [6.45, 7) is 3.70. The lowest BCUT2D eigenvalue weighted by molar-refractivity contribution is -0.384. The molecule has 0 unspecified atom stereocenters. The molecule has 0 saturated carbocycles. The molecular formula is C15H17N5O5. The maximum Gasteiger partial charge on any atom is 0.326 e. The van der Waals surface area contributed by atoms with Crippen LogP contribution in [0.1, 0.15) is 30.8 Å². The number of carboxylic acid groups (broad SMARTS) is 1. The van der Waals surface area contributed by atoms with Crippen molar-refractivity contribution in [3.8, 4) is 5.69 Å². The molecule has 0 aliphatic heterocycles. The van der Waals surface area contributed by atoms with Gasteiger partial charge in [-0.3, -0.25) is 14.9 Å². The molecule has 0 saturated heterocycles. The fraction of sp³-hybridized carbons (Fsp3) is 0.333. The number of aliphatic carboxylic acids is 1. The Bertz CT molecular complexity index is 801. The van der Waals surface area contributed by atoms with E-state index in [1.54, 1.807) is 6.07 Å². The number of non-ortho nitro benzene ring substituents is 1. The monoisotopic (exact) mass is 347 g/mol. The summed E-state index contributed by atoms with van der Waals surface area (Å²) in [5.41, 5.74) is 0.154. The first-order chi connectivity index (χ1) is 11.8. The van der Waals surface area contributed by atoms with E-state index in [0.29, 0.717) is 5.69 Å². The Balaban J connectivity index is 2.17. The van der Waals surface area contributed by atoms with E-state index in [2.05, 4.69) is 15.6 Å². The van der Waals surface area contributed by atoms with E-state index in [1.807, 2.05) is 13.8 Å². The maximum absolute atomic E-state index is 12.2. The second-order valence-corrected chi connectivity index (χ2v) is 5.82. The summed E-state index contributed by atoms with van der Waals surface area (Å²) in [4.78, 5) is 33.6. The van der Waals surface area contributed by atoms with Gasteiger partial charge < -0.3 is 10.4 Å². The minimum absolute atomic E-state index is 0.0819. The number of nitrogens with zero attached hydrogens (tertiary/aromatic N) is 4. The van der Waals surface area contributed by atoms with Gasteiger partial charge in [0.15, 0.2) is 5.69 Å². The highest BCUT2D eigenvalue weighted by Gasteiger charge is 2.23. The van der Waals surface area contributed by atoms with Gasteiger partial charge in [-0.05, 0) is 18.4 Å². The minimum atomic E-state index is -1.13. The predicted molar refractivity (Wildman–Crippen MR) is 86.4 cm³/mol. The second-order valence-electron chi connectivity index (χ2n) is 5.82. The number of amides is 1. The Hall–Kier alpha value is -3.30. The number of aromatic nitrogens is 3. The molecule has 25 heavy (non-hydrogen) atoms. The Kier molecular flexibility index (Phi) is 5.42. The maximum atomic E-state index is 12.2. The highest BCUT2D eigenvalue weighted by Crippen LogP contribution is 2.16. The molecule has 0 fully saturated rings. The number of carbonyl (C=O) groups is 2. The molecule has 1 heterocycles. The van der Waals surface area contributed by atoms with Gasteiger partial charge in [0.2, 0.25) is 0 Å². The SMILES string of the molecule is CC(C)C[C@H](NC(=O)c1cn(-c2cccc([N+](=O)[O-])c2)nn1)C(=O)O. The van der Waals surface area contributed by atoms with Gasteiger partial charge in [-0.15, -0.1) is 5.10 Å². The van der Waals surface area contributed by atoms with Crippen molar-refractivity contribution in [3.05, 3.63) is 46.3 Å². The molecule has 1 aromatic carbocycles. The van der Waals surface area contributed by atoms with Crippen molar-refractivity contribution in [1.82, 2.24) is 20.3 Å². The molecule has 0 bridgehead atoms. The first-order valence-electron chi connectivity index (χ1n) is 7.48. The molecule has 2 N–H and O–H groups in total. The molecule has 0 aliphatic rings. The molecule has 1 atom stereocenters. The summed E-state index contributed by atoms with van der Waals surface area (Å²) in [5, 5.41) is 29.8. The van der Waals surface area contributed by atoms with Gasteiger partial charge in [-0.25, -0.2) is 9.48 Å². The quantitative estimate of drug-likeness (QED) is 0.570. The molecule has 1 aromatic heterocycles. The van der Waals surface area contributed by atoms with Crippen molar-refractivity contribution in [1.29, 1.82) is 0 Å². The lowest BCUT2D eigenvalue weighted by Gasteiger charge is -2.15. The zero-order valence-electron chi connectivity index (χ0n) is 13.6. The van der Waals surface area contributed by atoms with Gasteiger partial charge in [-0.1, -0.05) is 25.1 Å². The Morgan fingerprint density at radius 2 is 2.12 bits per heavy atom. The van der Waals surface area contributed by atoms with E-state index in [9.17, 15) is 19.7 Å². The van der Waals surface area contributed by atoms with Crippen molar-refractivity contribution in [2.45, 2.75) is 26.3 Å². The van der Waals surface area contributed by atoms with Crippen LogP contribution in [-0.2, 0) is 4.79 Å². The second kappa shape index (κ2) is 7.51. The van der Waals surface area contributed by atoms with Crippen LogP contribution in [-0.4, -0.2) is 42.9 Å². The molecule has 0 radical (unpaired) electrons. The van der Waals surface area contributed by atoms with Crippen molar-refractivity contribution in [2.24, 2.45) is 5.92 Å². The number of nitro groups is 1. The van der Waals surface area contributed by atoms with Crippen molar-refractivity contribution in [3.63, 3.8) is 0 Å². The summed E-state index contributed by atoms with van der Waals surface area (Å²) in [5.74, 6) is -1.72. The predicted octanol–water partition coefficient (Wildman–Crippen LogP) is 1.40. The van der Waals surface area contributed by atoms with Gasteiger partial charge in [0.05, 0.1) is 16.8 Å². The standard InChI is InChI=1S/C15H17N5O5/c1-9(2)6-12(15(22)23)16-14(21)13-8-19(18-17-13)10-4-3-5-11(7-10)20(24)25/h3-5,7-9,12H,6H2,1-2H3,(H,16,21)(H,22,23)/t12-/m0/s1.